The zero-order valence-electron chi connectivity index (χ0n) is 17.0. The second-order valence-corrected chi connectivity index (χ2v) is 7.73. The maximum atomic E-state index is 12.7. The highest BCUT2D eigenvalue weighted by Gasteiger charge is 2.15. The lowest BCUT2D eigenvalue weighted by Gasteiger charge is -2.26. The Labute approximate surface area is 164 Å². The minimum atomic E-state index is -0.0980. The van der Waals surface area contributed by atoms with Crippen LogP contribution in [0.25, 0.3) is 16.6 Å². The fourth-order valence-electron chi connectivity index (χ4n) is 4.06. The smallest absolute Gasteiger partial charge is 0.350 e. The Kier molecular flexibility index (Phi) is 5.48. The molecular formula is C21H29N5O2. The van der Waals surface area contributed by atoms with Gasteiger partial charge in [0, 0.05) is 37.6 Å². The minimum Gasteiger partial charge on any atom is -0.379 e. The van der Waals surface area contributed by atoms with Gasteiger partial charge in [0.2, 0.25) is 0 Å². The minimum absolute atomic E-state index is 0.0980. The van der Waals surface area contributed by atoms with Crippen molar-refractivity contribution in [2.45, 2.75) is 26.8 Å². The fraction of sp³-hybridized carbons (Fsp3) is 0.524. The van der Waals surface area contributed by atoms with Gasteiger partial charge in [-0.3, -0.25) is 4.90 Å². The number of nitrogens with one attached hydrogen (secondary N) is 1. The van der Waals surface area contributed by atoms with Crippen LogP contribution in [0.2, 0.25) is 0 Å². The second-order valence-electron chi connectivity index (χ2n) is 7.73. The van der Waals surface area contributed by atoms with Crippen LogP contribution >= 0.6 is 0 Å². The Hall–Kier alpha value is -2.22. The molecule has 0 amide bonds. The number of hydrogen-bond donors (Lipinski definition) is 1. The average Bonchev–Trinajstić information content (AvgIpc) is 2.98. The number of rotatable bonds is 6. The number of pyridine rings is 1. The molecule has 3 heterocycles. The Morgan fingerprint density at radius 3 is 2.75 bits per heavy atom. The van der Waals surface area contributed by atoms with Gasteiger partial charge in [0.05, 0.1) is 18.7 Å². The van der Waals surface area contributed by atoms with Crippen LogP contribution in [0.1, 0.15) is 23.1 Å². The van der Waals surface area contributed by atoms with Crippen LogP contribution in [0.3, 0.4) is 0 Å². The molecule has 28 heavy (non-hydrogen) atoms. The predicted octanol–water partition coefficient (Wildman–Crippen LogP) is 1.61. The molecule has 0 aliphatic carbocycles. The molecule has 3 aromatic rings. The Bertz CT molecular complexity index is 1050. The van der Waals surface area contributed by atoms with Gasteiger partial charge < -0.3 is 10.1 Å². The van der Waals surface area contributed by atoms with Crippen LogP contribution in [-0.4, -0.2) is 58.5 Å². The molecule has 1 saturated heterocycles. The van der Waals surface area contributed by atoms with E-state index >= 15 is 0 Å². The topological polar surface area (TPSA) is 63.8 Å². The summed E-state index contributed by atoms with van der Waals surface area (Å²) in [6, 6.07) is 6.41. The molecule has 1 N–H and O–H groups in total. The number of aromatic nitrogens is 3. The highest BCUT2D eigenvalue weighted by molar-refractivity contribution is 5.87. The first-order valence-electron chi connectivity index (χ1n) is 10.0. The number of aryl methyl sites for hydroxylation is 3. The largest absolute Gasteiger partial charge is 0.379 e. The lowest BCUT2D eigenvalue weighted by atomic mass is 10.0. The third-order valence-electron chi connectivity index (χ3n) is 5.53. The molecule has 1 aromatic carbocycles. The lowest BCUT2D eigenvalue weighted by molar-refractivity contribution is 0.0374. The van der Waals surface area contributed by atoms with E-state index in [2.05, 4.69) is 47.4 Å². The van der Waals surface area contributed by atoms with Crippen LogP contribution < -0.4 is 11.0 Å². The van der Waals surface area contributed by atoms with Crippen molar-refractivity contribution in [3.63, 3.8) is 0 Å². The van der Waals surface area contributed by atoms with Gasteiger partial charge in [-0.1, -0.05) is 6.07 Å². The summed E-state index contributed by atoms with van der Waals surface area (Å²) in [6.07, 6.45) is 1.09. The predicted molar refractivity (Wildman–Crippen MR) is 111 cm³/mol. The van der Waals surface area contributed by atoms with Gasteiger partial charge >= 0.3 is 5.69 Å². The van der Waals surface area contributed by atoms with Crippen LogP contribution in [0, 0.1) is 13.8 Å². The van der Waals surface area contributed by atoms with Crippen LogP contribution in [0.15, 0.2) is 23.0 Å². The van der Waals surface area contributed by atoms with Crippen LogP contribution in [0.4, 0.5) is 0 Å². The first kappa shape index (κ1) is 19.1. The number of nitrogens with zero attached hydrogens (tertiary/aromatic N) is 4. The first-order valence-corrected chi connectivity index (χ1v) is 10.0. The number of ether oxygens (including phenoxy) is 1. The Morgan fingerprint density at radius 2 is 1.96 bits per heavy atom. The summed E-state index contributed by atoms with van der Waals surface area (Å²) in [7, 11) is 1.71. The first-order chi connectivity index (χ1) is 13.5. The molecule has 0 spiro atoms. The summed E-state index contributed by atoms with van der Waals surface area (Å²) in [5.74, 6) is 0. The molecule has 4 rings (SSSR count). The van der Waals surface area contributed by atoms with E-state index in [1.54, 1.807) is 11.4 Å². The maximum absolute atomic E-state index is 12.7. The second kappa shape index (κ2) is 8.03. The van der Waals surface area contributed by atoms with Gasteiger partial charge in [0.15, 0.2) is 5.65 Å². The summed E-state index contributed by atoms with van der Waals surface area (Å²) in [5.41, 5.74) is 4.97. The molecule has 0 atom stereocenters. The molecule has 0 unspecified atom stereocenters. The number of benzene rings is 1. The highest BCUT2D eigenvalue weighted by atomic mass is 16.5. The highest BCUT2D eigenvalue weighted by Crippen LogP contribution is 2.23. The van der Waals surface area contributed by atoms with Crippen molar-refractivity contribution in [2.24, 2.45) is 7.05 Å². The number of hydrogen-bond acceptors (Lipinski definition) is 5. The summed E-state index contributed by atoms with van der Waals surface area (Å²) in [5, 5.41) is 9.14. The summed E-state index contributed by atoms with van der Waals surface area (Å²) >= 11 is 0. The molecule has 150 valence electrons. The zero-order chi connectivity index (χ0) is 19.7. The zero-order valence-corrected chi connectivity index (χ0v) is 17.0. The van der Waals surface area contributed by atoms with E-state index in [-0.39, 0.29) is 5.69 Å². The Morgan fingerprint density at radius 1 is 1.18 bits per heavy atom. The maximum Gasteiger partial charge on any atom is 0.350 e. The molecule has 1 aliphatic rings. The SMILES string of the molecule is Cc1cc(C)c2cc(CNCCCN3CCOCC3)c3nn(C)c(=O)n3c2c1. The van der Waals surface area contributed by atoms with Crippen molar-refractivity contribution >= 4 is 16.6 Å². The van der Waals surface area contributed by atoms with E-state index in [1.165, 1.54) is 10.2 Å². The van der Waals surface area contributed by atoms with Crippen LogP contribution in [-0.2, 0) is 18.3 Å². The summed E-state index contributed by atoms with van der Waals surface area (Å²) in [4.78, 5) is 15.1. The van der Waals surface area contributed by atoms with E-state index in [9.17, 15) is 4.79 Å². The van der Waals surface area contributed by atoms with E-state index < -0.39 is 0 Å². The molecule has 1 fully saturated rings. The molecule has 1 aliphatic heterocycles. The summed E-state index contributed by atoms with van der Waals surface area (Å²) in [6.45, 7) is 10.6. The molecular weight excluding hydrogens is 354 g/mol. The van der Waals surface area contributed by atoms with Crippen molar-refractivity contribution in [3.05, 3.63) is 45.4 Å². The number of morpholine rings is 1. The third kappa shape index (κ3) is 3.70. The molecule has 7 nitrogen and oxygen atoms in total. The van der Waals surface area contributed by atoms with Crippen molar-refractivity contribution in [2.75, 3.05) is 39.4 Å². The van der Waals surface area contributed by atoms with Gasteiger partial charge in [-0.15, -0.1) is 5.10 Å². The average molecular weight is 383 g/mol. The molecule has 0 saturated carbocycles. The van der Waals surface area contributed by atoms with E-state index in [4.69, 9.17) is 4.74 Å². The molecule has 2 aromatic heterocycles. The van der Waals surface area contributed by atoms with E-state index in [0.29, 0.717) is 6.54 Å². The van der Waals surface area contributed by atoms with Gasteiger partial charge in [-0.05, 0) is 56.6 Å². The van der Waals surface area contributed by atoms with Gasteiger partial charge in [0.25, 0.3) is 0 Å². The summed E-state index contributed by atoms with van der Waals surface area (Å²) < 4.78 is 8.57. The Balaban J connectivity index is 1.54. The van der Waals surface area contributed by atoms with Gasteiger partial charge in [0.1, 0.15) is 0 Å². The van der Waals surface area contributed by atoms with Gasteiger partial charge in [-0.25, -0.2) is 13.9 Å². The third-order valence-corrected chi connectivity index (χ3v) is 5.53. The quantitative estimate of drug-likeness (QED) is 0.656. The fourth-order valence-corrected chi connectivity index (χ4v) is 4.06. The molecule has 7 heteroatoms. The monoisotopic (exact) mass is 383 g/mol. The lowest BCUT2D eigenvalue weighted by Crippen LogP contribution is -2.37. The normalized spacial score (nSPS) is 15.7. The van der Waals surface area contributed by atoms with Gasteiger partial charge in [-0.2, -0.15) is 0 Å². The van der Waals surface area contributed by atoms with E-state index in [0.717, 1.165) is 73.5 Å². The molecule has 0 bridgehead atoms. The van der Waals surface area contributed by atoms with Crippen molar-refractivity contribution in [1.29, 1.82) is 0 Å². The van der Waals surface area contributed by atoms with Crippen molar-refractivity contribution < 1.29 is 4.74 Å². The van der Waals surface area contributed by atoms with Crippen molar-refractivity contribution in [1.82, 2.24) is 24.4 Å². The van der Waals surface area contributed by atoms with Crippen LogP contribution in [0.5, 0.6) is 0 Å². The van der Waals surface area contributed by atoms with Crippen molar-refractivity contribution in [3.8, 4) is 0 Å². The standard InChI is InChI=1S/C21H29N5O2/c1-15-11-16(2)18-13-17(14-22-5-4-6-25-7-9-28-10-8-25)20-23-24(3)21(27)26(20)19(18)12-15/h11-13,22H,4-10,14H2,1-3H3. The molecule has 0 radical (unpaired) electrons. The number of fused-ring (bicyclic) bond motifs is 3. The van der Waals surface area contributed by atoms with E-state index in [1.807, 2.05) is 0 Å².